The molecule has 0 aliphatic heterocycles. The van der Waals surface area contributed by atoms with Gasteiger partial charge in [-0.2, -0.15) is 0 Å². The van der Waals surface area contributed by atoms with Crippen LogP contribution in [0.1, 0.15) is 19.3 Å². The molecule has 2 nitrogen and oxygen atoms in total. The minimum absolute atomic E-state index is 0.444. The second-order valence-electron chi connectivity index (χ2n) is 3.43. The van der Waals surface area contributed by atoms with Crippen molar-refractivity contribution in [3.63, 3.8) is 0 Å². The molecule has 0 N–H and O–H groups in total. The highest BCUT2D eigenvalue weighted by Crippen LogP contribution is 2.27. The van der Waals surface area contributed by atoms with Crippen LogP contribution < -0.4 is 4.90 Å². The number of carbonyl (C=O) groups is 1. The third kappa shape index (κ3) is 1.57. The Morgan fingerprint density at radius 1 is 1.23 bits per heavy atom. The summed E-state index contributed by atoms with van der Waals surface area (Å²) in [4.78, 5) is 12.7. The molecular formula is C11H13NO. The maximum Gasteiger partial charge on any atom is 0.214 e. The summed E-state index contributed by atoms with van der Waals surface area (Å²) in [5.74, 6) is 0. The summed E-state index contributed by atoms with van der Waals surface area (Å²) in [7, 11) is 0. The smallest absolute Gasteiger partial charge is 0.214 e. The van der Waals surface area contributed by atoms with Gasteiger partial charge in [-0.3, -0.25) is 4.79 Å². The van der Waals surface area contributed by atoms with Crippen molar-refractivity contribution in [2.75, 3.05) is 4.90 Å². The van der Waals surface area contributed by atoms with Gasteiger partial charge in [-0.05, 0) is 31.4 Å². The standard InChI is InChI=1S/C11H13NO/c13-9-12(11-7-4-8-11)10-5-2-1-3-6-10/h1-3,5-6,9,11H,4,7-8H2. The zero-order valence-electron chi connectivity index (χ0n) is 7.52. The monoisotopic (exact) mass is 175 g/mol. The molecule has 0 saturated heterocycles. The van der Waals surface area contributed by atoms with Crippen LogP contribution >= 0.6 is 0 Å². The van der Waals surface area contributed by atoms with Crippen molar-refractivity contribution >= 4 is 12.1 Å². The molecule has 2 heteroatoms. The fraction of sp³-hybridized carbons (Fsp3) is 0.364. The van der Waals surface area contributed by atoms with Crippen molar-refractivity contribution in [2.24, 2.45) is 0 Å². The summed E-state index contributed by atoms with van der Waals surface area (Å²) in [6.45, 7) is 0. The highest BCUT2D eigenvalue weighted by atomic mass is 16.1. The number of carbonyl (C=O) groups excluding carboxylic acids is 1. The first-order valence-electron chi connectivity index (χ1n) is 4.70. The fourth-order valence-corrected chi connectivity index (χ4v) is 1.62. The lowest BCUT2D eigenvalue weighted by Gasteiger charge is -2.34. The third-order valence-electron chi connectivity index (χ3n) is 2.64. The van der Waals surface area contributed by atoms with E-state index in [0.717, 1.165) is 24.9 Å². The summed E-state index contributed by atoms with van der Waals surface area (Å²) >= 11 is 0. The van der Waals surface area contributed by atoms with Crippen LogP contribution in [0.3, 0.4) is 0 Å². The molecule has 0 atom stereocenters. The molecule has 0 unspecified atom stereocenters. The first kappa shape index (κ1) is 8.30. The fourth-order valence-electron chi connectivity index (χ4n) is 1.62. The third-order valence-corrected chi connectivity index (χ3v) is 2.64. The van der Waals surface area contributed by atoms with E-state index in [2.05, 4.69) is 0 Å². The lowest BCUT2D eigenvalue weighted by atomic mass is 9.91. The zero-order chi connectivity index (χ0) is 9.10. The van der Waals surface area contributed by atoms with Crippen molar-refractivity contribution in [1.82, 2.24) is 0 Å². The minimum Gasteiger partial charge on any atom is -0.312 e. The van der Waals surface area contributed by atoms with E-state index in [1.54, 1.807) is 0 Å². The van der Waals surface area contributed by atoms with Crippen LogP contribution in [0.5, 0.6) is 0 Å². The molecule has 1 amide bonds. The second-order valence-corrected chi connectivity index (χ2v) is 3.43. The van der Waals surface area contributed by atoms with Gasteiger partial charge in [0.15, 0.2) is 0 Å². The number of hydrogen-bond donors (Lipinski definition) is 0. The number of nitrogens with zero attached hydrogens (tertiary/aromatic N) is 1. The maximum atomic E-state index is 10.9. The van der Waals surface area contributed by atoms with E-state index in [4.69, 9.17) is 0 Å². The molecule has 0 radical (unpaired) electrons. The maximum absolute atomic E-state index is 10.9. The van der Waals surface area contributed by atoms with Crippen LogP contribution in [-0.2, 0) is 4.79 Å². The molecule has 68 valence electrons. The SMILES string of the molecule is O=CN(c1ccccc1)C1CCC1. The summed E-state index contributed by atoms with van der Waals surface area (Å²) < 4.78 is 0. The Kier molecular flexibility index (Phi) is 2.30. The van der Waals surface area contributed by atoms with E-state index in [1.807, 2.05) is 35.2 Å². The van der Waals surface area contributed by atoms with Crippen molar-refractivity contribution in [2.45, 2.75) is 25.3 Å². The van der Waals surface area contributed by atoms with Crippen LogP contribution in [0.2, 0.25) is 0 Å². The van der Waals surface area contributed by atoms with Gasteiger partial charge in [-0.25, -0.2) is 0 Å². The number of rotatable bonds is 3. The van der Waals surface area contributed by atoms with Gasteiger partial charge in [0.1, 0.15) is 0 Å². The summed E-state index contributed by atoms with van der Waals surface area (Å²) in [6, 6.07) is 10.3. The molecule has 1 aliphatic rings. The minimum atomic E-state index is 0.444. The van der Waals surface area contributed by atoms with Crippen LogP contribution in [0.25, 0.3) is 0 Å². The Bertz CT molecular complexity index is 279. The van der Waals surface area contributed by atoms with Crippen LogP contribution in [-0.4, -0.2) is 12.5 Å². The molecule has 1 fully saturated rings. The number of benzene rings is 1. The van der Waals surface area contributed by atoms with Crippen molar-refractivity contribution in [1.29, 1.82) is 0 Å². The van der Waals surface area contributed by atoms with Crippen molar-refractivity contribution in [3.05, 3.63) is 30.3 Å². The molecule has 13 heavy (non-hydrogen) atoms. The highest BCUT2D eigenvalue weighted by Gasteiger charge is 2.24. The molecular weight excluding hydrogens is 162 g/mol. The lowest BCUT2D eigenvalue weighted by Crippen LogP contribution is -2.39. The number of anilines is 1. The first-order chi connectivity index (χ1) is 6.42. The van der Waals surface area contributed by atoms with Gasteiger partial charge in [-0.1, -0.05) is 18.2 Å². The number of amides is 1. The molecule has 1 aromatic rings. The van der Waals surface area contributed by atoms with Gasteiger partial charge in [0.25, 0.3) is 0 Å². The van der Waals surface area contributed by atoms with Gasteiger partial charge in [0.2, 0.25) is 6.41 Å². The zero-order valence-corrected chi connectivity index (χ0v) is 7.52. The second kappa shape index (κ2) is 3.60. The van der Waals surface area contributed by atoms with E-state index in [9.17, 15) is 4.79 Å². The molecule has 0 aromatic heterocycles. The Balaban J connectivity index is 2.16. The Hall–Kier alpha value is -1.31. The average Bonchev–Trinajstić information content (AvgIpc) is 2.12. The van der Waals surface area contributed by atoms with Crippen LogP contribution in [0.15, 0.2) is 30.3 Å². The average molecular weight is 175 g/mol. The van der Waals surface area contributed by atoms with Crippen LogP contribution in [0.4, 0.5) is 5.69 Å². The molecule has 0 heterocycles. The molecule has 1 saturated carbocycles. The van der Waals surface area contributed by atoms with Gasteiger partial charge >= 0.3 is 0 Å². The van der Waals surface area contributed by atoms with Crippen LogP contribution in [0, 0.1) is 0 Å². The summed E-state index contributed by atoms with van der Waals surface area (Å²) in [5, 5.41) is 0. The summed E-state index contributed by atoms with van der Waals surface area (Å²) in [6.07, 6.45) is 4.49. The van der Waals surface area contributed by atoms with E-state index >= 15 is 0 Å². The molecule has 0 bridgehead atoms. The highest BCUT2D eigenvalue weighted by molar-refractivity contribution is 5.76. The lowest BCUT2D eigenvalue weighted by molar-refractivity contribution is -0.108. The first-order valence-corrected chi connectivity index (χ1v) is 4.70. The number of hydrogen-bond acceptors (Lipinski definition) is 1. The molecule has 1 aromatic carbocycles. The largest absolute Gasteiger partial charge is 0.312 e. The Morgan fingerprint density at radius 2 is 1.92 bits per heavy atom. The van der Waals surface area contributed by atoms with Gasteiger partial charge < -0.3 is 4.90 Å². The topological polar surface area (TPSA) is 20.3 Å². The van der Waals surface area contributed by atoms with Gasteiger partial charge in [-0.15, -0.1) is 0 Å². The quantitative estimate of drug-likeness (QED) is 0.645. The van der Waals surface area contributed by atoms with Gasteiger partial charge in [0, 0.05) is 11.7 Å². The number of para-hydroxylation sites is 1. The Morgan fingerprint density at radius 3 is 2.38 bits per heavy atom. The predicted octanol–water partition coefficient (Wildman–Crippen LogP) is 2.20. The van der Waals surface area contributed by atoms with E-state index in [-0.39, 0.29) is 0 Å². The van der Waals surface area contributed by atoms with Crippen molar-refractivity contribution < 1.29 is 4.79 Å². The van der Waals surface area contributed by atoms with Gasteiger partial charge in [0.05, 0.1) is 0 Å². The summed E-state index contributed by atoms with van der Waals surface area (Å²) in [5.41, 5.74) is 1.02. The normalized spacial score (nSPS) is 16.3. The molecule has 0 spiro atoms. The van der Waals surface area contributed by atoms with Crippen molar-refractivity contribution in [3.8, 4) is 0 Å². The molecule has 1 aliphatic carbocycles. The Labute approximate surface area is 78.2 Å². The van der Waals surface area contributed by atoms with E-state index < -0.39 is 0 Å². The predicted molar refractivity (Wildman–Crippen MR) is 52.6 cm³/mol. The molecule has 2 rings (SSSR count). The van der Waals surface area contributed by atoms with E-state index in [0.29, 0.717) is 6.04 Å². The van der Waals surface area contributed by atoms with E-state index in [1.165, 1.54) is 6.42 Å².